The zero-order chi connectivity index (χ0) is 12.5. The Morgan fingerprint density at radius 1 is 1.35 bits per heavy atom. The van der Waals surface area contributed by atoms with Crippen LogP contribution in [0.15, 0.2) is 9.78 Å². The van der Waals surface area contributed by atoms with Crippen LogP contribution >= 0.6 is 0 Å². The van der Waals surface area contributed by atoms with Crippen molar-refractivity contribution >= 4 is 11.7 Å². The Kier molecular flexibility index (Phi) is 2.82. The Balaban J connectivity index is 2.13. The van der Waals surface area contributed by atoms with Crippen LogP contribution in [0.3, 0.4) is 0 Å². The van der Waals surface area contributed by atoms with E-state index in [-0.39, 0.29) is 11.4 Å². The van der Waals surface area contributed by atoms with Crippen molar-refractivity contribution in [2.24, 2.45) is 5.16 Å². The van der Waals surface area contributed by atoms with Crippen LogP contribution in [0.4, 0.5) is 13.2 Å². The number of hydrogen-bond acceptors (Lipinski definition) is 6. The van der Waals surface area contributed by atoms with E-state index < -0.39 is 12.1 Å². The second-order valence-electron chi connectivity index (χ2n) is 3.33. The lowest BCUT2D eigenvalue weighted by atomic mass is 9.99. The Morgan fingerprint density at radius 2 is 2.12 bits per heavy atom. The van der Waals surface area contributed by atoms with Crippen LogP contribution in [0.2, 0.25) is 0 Å². The molecule has 0 fully saturated rings. The van der Waals surface area contributed by atoms with Gasteiger partial charge in [0.25, 0.3) is 0 Å². The highest BCUT2D eigenvalue weighted by molar-refractivity contribution is 6.00. The molecule has 0 radical (unpaired) electrons. The first-order chi connectivity index (χ1) is 7.98. The third-order valence-electron chi connectivity index (χ3n) is 2.13. The standard InChI is InChI=1S/C8H6F3N3O3/c9-8(10,11)7(15)16-12-4-2-1-3-5-6(4)14-17-13-5/h1-3H2/b12-4-. The first-order valence-corrected chi connectivity index (χ1v) is 4.65. The van der Waals surface area contributed by atoms with Crippen LogP contribution in [0.25, 0.3) is 0 Å². The van der Waals surface area contributed by atoms with E-state index >= 15 is 0 Å². The fraction of sp³-hybridized carbons (Fsp3) is 0.500. The third-order valence-corrected chi connectivity index (χ3v) is 2.13. The van der Waals surface area contributed by atoms with Gasteiger partial charge in [-0.3, -0.25) is 0 Å². The molecule has 0 unspecified atom stereocenters. The van der Waals surface area contributed by atoms with Crippen molar-refractivity contribution in [1.29, 1.82) is 0 Å². The minimum Gasteiger partial charge on any atom is -0.308 e. The molecular weight excluding hydrogens is 243 g/mol. The molecule has 1 aromatic rings. The van der Waals surface area contributed by atoms with Gasteiger partial charge in [0, 0.05) is 0 Å². The summed E-state index contributed by atoms with van der Waals surface area (Å²) in [6.07, 6.45) is -3.48. The van der Waals surface area contributed by atoms with E-state index in [2.05, 4.69) is 24.9 Å². The summed E-state index contributed by atoms with van der Waals surface area (Å²) in [4.78, 5) is 14.2. The first kappa shape index (κ1) is 11.6. The molecule has 0 aromatic carbocycles. The van der Waals surface area contributed by atoms with E-state index in [1.54, 1.807) is 0 Å². The summed E-state index contributed by atoms with van der Waals surface area (Å²) >= 11 is 0. The predicted octanol–water partition coefficient (Wildman–Crippen LogP) is 1.22. The van der Waals surface area contributed by atoms with E-state index in [1.807, 2.05) is 0 Å². The van der Waals surface area contributed by atoms with Gasteiger partial charge >= 0.3 is 12.1 Å². The van der Waals surface area contributed by atoms with Crippen LogP contribution in [-0.4, -0.2) is 28.2 Å². The van der Waals surface area contributed by atoms with Crippen molar-refractivity contribution in [2.75, 3.05) is 0 Å². The van der Waals surface area contributed by atoms with Gasteiger partial charge in [0.2, 0.25) is 0 Å². The van der Waals surface area contributed by atoms with E-state index in [9.17, 15) is 18.0 Å². The molecule has 0 saturated carbocycles. The van der Waals surface area contributed by atoms with Gasteiger partial charge in [-0.05, 0) is 24.4 Å². The SMILES string of the molecule is O=C(O/N=C1/CCCc2nonc21)C(F)(F)F. The smallest absolute Gasteiger partial charge is 0.308 e. The van der Waals surface area contributed by atoms with Crippen molar-refractivity contribution in [3.8, 4) is 0 Å². The van der Waals surface area contributed by atoms with Gasteiger partial charge in [0.15, 0.2) is 5.69 Å². The molecule has 92 valence electrons. The van der Waals surface area contributed by atoms with Gasteiger partial charge in [-0.2, -0.15) is 13.2 Å². The largest absolute Gasteiger partial charge is 0.493 e. The van der Waals surface area contributed by atoms with Gasteiger partial charge in [0.1, 0.15) is 11.4 Å². The highest BCUT2D eigenvalue weighted by Gasteiger charge is 2.42. The van der Waals surface area contributed by atoms with Crippen molar-refractivity contribution in [3.63, 3.8) is 0 Å². The molecule has 6 nitrogen and oxygen atoms in total. The van der Waals surface area contributed by atoms with E-state index in [0.29, 0.717) is 25.0 Å². The molecule has 0 aliphatic heterocycles. The predicted molar refractivity (Wildman–Crippen MR) is 45.9 cm³/mol. The molecule has 1 aliphatic rings. The molecule has 2 rings (SSSR count). The number of aromatic nitrogens is 2. The number of alkyl halides is 3. The summed E-state index contributed by atoms with van der Waals surface area (Å²) in [6, 6.07) is 0. The summed E-state index contributed by atoms with van der Waals surface area (Å²) in [5, 5.41) is 10.2. The van der Waals surface area contributed by atoms with Crippen LogP contribution in [-0.2, 0) is 16.1 Å². The fourth-order valence-corrected chi connectivity index (χ4v) is 1.37. The molecule has 17 heavy (non-hydrogen) atoms. The molecule has 1 aliphatic carbocycles. The Morgan fingerprint density at radius 3 is 2.82 bits per heavy atom. The van der Waals surface area contributed by atoms with E-state index in [0.717, 1.165) is 0 Å². The number of oxime groups is 1. The minimum atomic E-state index is -5.07. The second-order valence-corrected chi connectivity index (χ2v) is 3.33. The normalized spacial score (nSPS) is 17.9. The molecule has 0 atom stereocenters. The highest BCUT2D eigenvalue weighted by Crippen LogP contribution is 2.20. The number of carbonyl (C=O) groups is 1. The molecule has 0 amide bonds. The molecule has 0 spiro atoms. The van der Waals surface area contributed by atoms with Crippen molar-refractivity contribution < 1.29 is 27.4 Å². The monoisotopic (exact) mass is 249 g/mol. The summed E-state index contributed by atoms with van der Waals surface area (Å²) < 4.78 is 40.0. The first-order valence-electron chi connectivity index (χ1n) is 4.65. The number of hydrogen-bond donors (Lipinski definition) is 0. The molecule has 0 N–H and O–H groups in total. The van der Waals surface area contributed by atoms with Crippen molar-refractivity contribution in [1.82, 2.24) is 10.3 Å². The van der Waals surface area contributed by atoms with Gasteiger partial charge < -0.3 is 4.84 Å². The van der Waals surface area contributed by atoms with Gasteiger partial charge in [-0.15, -0.1) is 0 Å². The number of halogens is 3. The maximum Gasteiger partial charge on any atom is 0.493 e. The number of rotatable bonds is 1. The molecule has 9 heteroatoms. The number of nitrogens with zero attached hydrogens (tertiary/aromatic N) is 3. The van der Waals surface area contributed by atoms with Crippen molar-refractivity contribution in [3.05, 3.63) is 11.4 Å². The van der Waals surface area contributed by atoms with E-state index in [4.69, 9.17) is 0 Å². The summed E-state index contributed by atoms with van der Waals surface area (Å²) in [6.45, 7) is 0. The summed E-state index contributed by atoms with van der Waals surface area (Å²) in [5.41, 5.74) is 0.870. The average molecular weight is 249 g/mol. The lowest BCUT2D eigenvalue weighted by Gasteiger charge is -2.09. The molecule has 1 aromatic heterocycles. The lowest BCUT2D eigenvalue weighted by molar-refractivity contribution is -0.199. The minimum absolute atomic E-state index is 0.130. The Labute approximate surface area is 92.4 Å². The third kappa shape index (κ3) is 2.43. The van der Waals surface area contributed by atoms with Gasteiger partial charge in [0.05, 0.1) is 0 Å². The van der Waals surface area contributed by atoms with Crippen LogP contribution in [0, 0.1) is 0 Å². The van der Waals surface area contributed by atoms with Crippen LogP contribution in [0.5, 0.6) is 0 Å². The molecular formula is C8H6F3N3O3. The molecule has 0 bridgehead atoms. The second kappa shape index (κ2) is 4.15. The number of fused-ring (bicyclic) bond motifs is 1. The topological polar surface area (TPSA) is 77.6 Å². The molecule has 0 saturated heterocycles. The lowest BCUT2D eigenvalue weighted by Crippen LogP contribution is -2.24. The van der Waals surface area contributed by atoms with E-state index in [1.165, 1.54) is 0 Å². The van der Waals surface area contributed by atoms with Crippen LogP contribution in [0.1, 0.15) is 24.2 Å². The Bertz CT molecular complexity index is 466. The number of carbonyl (C=O) groups excluding carboxylic acids is 1. The average Bonchev–Trinajstić information content (AvgIpc) is 2.72. The summed E-state index contributed by atoms with van der Waals surface area (Å²) in [5.74, 6) is -2.37. The van der Waals surface area contributed by atoms with Crippen molar-refractivity contribution in [2.45, 2.75) is 25.4 Å². The number of aryl methyl sites for hydroxylation is 1. The molecule has 1 heterocycles. The zero-order valence-electron chi connectivity index (χ0n) is 8.32. The maximum atomic E-state index is 11.8. The van der Waals surface area contributed by atoms with Crippen LogP contribution < -0.4 is 0 Å². The quantitative estimate of drug-likeness (QED) is 0.552. The maximum absolute atomic E-state index is 11.8. The zero-order valence-corrected chi connectivity index (χ0v) is 8.32. The Hall–Kier alpha value is -1.93. The fourth-order valence-electron chi connectivity index (χ4n) is 1.37. The van der Waals surface area contributed by atoms with Gasteiger partial charge in [-0.1, -0.05) is 10.3 Å². The van der Waals surface area contributed by atoms with Gasteiger partial charge in [-0.25, -0.2) is 9.42 Å². The summed E-state index contributed by atoms with van der Waals surface area (Å²) in [7, 11) is 0. The highest BCUT2D eigenvalue weighted by atomic mass is 19.4.